The van der Waals surface area contributed by atoms with Gasteiger partial charge in [-0.05, 0) is 47.4 Å². The molecule has 0 saturated heterocycles. The van der Waals surface area contributed by atoms with Crippen LogP contribution in [-0.2, 0) is 14.3 Å². The van der Waals surface area contributed by atoms with Gasteiger partial charge in [-0.25, -0.2) is 9.59 Å². The maximum absolute atomic E-state index is 12.3. The first-order chi connectivity index (χ1) is 16.4. The van der Waals surface area contributed by atoms with E-state index in [2.05, 4.69) is 34.9 Å². The second-order valence-corrected chi connectivity index (χ2v) is 8.72. The molecule has 0 bridgehead atoms. The first-order valence-corrected chi connectivity index (χ1v) is 12.1. The van der Waals surface area contributed by atoms with Crippen LogP contribution >= 0.6 is 0 Å². The predicted octanol–water partition coefficient (Wildman–Crippen LogP) is 4.70. The summed E-state index contributed by atoms with van der Waals surface area (Å²) in [6.07, 6.45) is 2.42. The molecule has 2 atom stereocenters. The summed E-state index contributed by atoms with van der Waals surface area (Å²) >= 11 is 0. The molecular weight excluding hydrogens is 432 g/mol. The Morgan fingerprint density at radius 2 is 1.56 bits per heavy atom. The largest absolute Gasteiger partial charge is 0.480 e. The van der Waals surface area contributed by atoms with Crippen LogP contribution in [0, 0.1) is 5.92 Å². The first kappa shape index (κ1) is 25.3. The number of ether oxygens (including phenoxy) is 1. The molecule has 2 aromatic carbocycles. The van der Waals surface area contributed by atoms with Gasteiger partial charge in [-0.3, -0.25) is 4.79 Å². The molecule has 0 aliphatic heterocycles. The molecule has 34 heavy (non-hydrogen) atoms. The maximum atomic E-state index is 12.3. The van der Waals surface area contributed by atoms with Gasteiger partial charge in [0.2, 0.25) is 5.91 Å². The number of hydrogen-bond donors (Lipinski definition) is 3. The molecule has 1 unspecified atom stereocenters. The zero-order valence-corrected chi connectivity index (χ0v) is 19.9. The summed E-state index contributed by atoms with van der Waals surface area (Å²) in [7, 11) is 0. The van der Waals surface area contributed by atoms with Crippen LogP contribution in [0.4, 0.5) is 4.79 Å². The van der Waals surface area contributed by atoms with E-state index in [1.807, 2.05) is 31.2 Å². The third-order valence-corrected chi connectivity index (χ3v) is 6.56. The van der Waals surface area contributed by atoms with Crippen molar-refractivity contribution in [3.05, 3.63) is 59.7 Å². The van der Waals surface area contributed by atoms with Crippen LogP contribution in [0.15, 0.2) is 48.5 Å². The summed E-state index contributed by atoms with van der Waals surface area (Å²) in [6.45, 7) is 4.51. The Morgan fingerprint density at radius 3 is 2.12 bits per heavy atom. The van der Waals surface area contributed by atoms with E-state index in [1.54, 1.807) is 6.92 Å². The van der Waals surface area contributed by atoms with Gasteiger partial charge in [0.1, 0.15) is 12.6 Å². The van der Waals surface area contributed by atoms with Gasteiger partial charge < -0.3 is 20.5 Å². The minimum atomic E-state index is -1.02. The highest BCUT2D eigenvalue weighted by atomic mass is 16.5. The van der Waals surface area contributed by atoms with Crippen molar-refractivity contribution in [3.8, 4) is 11.1 Å². The SMILES string of the molecule is CCC(CCNC(=O)OCC1c2ccccc2-c2ccccc21)CCC(=O)N[C@H](CC)C(=O)O. The second-order valence-electron chi connectivity index (χ2n) is 8.72. The molecule has 7 heteroatoms. The Hall–Kier alpha value is -3.35. The molecule has 2 aromatic rings. The summed E-state index contributed by atoms with van der Waals surface area (Å²) in [4.78, 5) is 35.4. The molecule has 0 spiro atoms. The zero-order valence-electron chi connectivity index (χ0n) is 19.9. The van der Waals surface area contributed by atoms with Gasteiger partial charge in [0.15, 0.2) is 0 Å². The maximum Gasteiger partial charge on any atom is 0.407 e. The van der Waals surface area contributed by atoms with Crippen molar-refractivity contribution in [1.82, 2.24) is 10.6 Å². The highest BCUT2D eigenvalue weighted by Crippen LogP contribution is 2.44. The minimum absolute atomic E-state index is 0.0257. The Balaban J connectivity index is 1.41. The number of alkyl carbamates (subject to hydrolysis) is 1. The number of fused-ring (bicyclic) bond motifs is 3. The van der Waals surface area contributed by atoms with Gasteiger partial charge in [0.05, 0.1) is 0 Å². The standard InChI is InChI=1S/C27H34N2O5/c1-3-18(13-14-25(30)29-24(4-2)26(31)32)15-16-28-27(33)34-17-23-21-11-7-5-9-19(21)20-10-6-8-12-22(20)23/h5-12,18,23-24H,3-4,13-17H2,1-2H3,(H,28,33)(H,29,30)(H,31,32)/t18?,24-/m1/s1. The van der Waals surface area contributed by atoms with Crippen LogP contribution in [0.25, 0.3) is 11.1 Å². The fourth-order valence-corrected chi connectivity index (χ4v) is 4.52. The molecule has 3 N–H and O–H groups in total. The number of carbonyl (C=O) groups excluding carboxylic acids is 2. The van der Waals surface area contributed by atoms with E-state index in [-0.39, 0.29) is 30.8 Å². The number of aliphatic carboxylic acids is 1. The van der Waals surface area contributed by atoms with Gasteiger partial charge in [0.25, 0.3) is 0 Å². The van der Waals surface area contributed by atoms with E-state index in [9.17, 15) is 14.4 Å². The lowest BCUT2D eigenvalue weighted by Crippen LogP contribution is -2.40. The summed E-state index contributed by atoms with van der Waals surface area (Å²) in [6, 6.07) is 15.6. The van der Waals surface area contributed by atoms with Crippen molar-refractivity contribution in [1.29, 1.82) is 0 Å². The number of hydrogen-bond acceptors (Lipinski definition) is 4. The molecule has 1 aliphatic rings. The van der Waals surface area contributed by atoms with Crippen molar-refractivity contribution in [2.45, 2.75) is 57.9 Å². The highest BCUT2D eigenvalue weighted by molar-refractivity contribution is 5.83. The Bertz CT molecular complexity index is 961. The molecule has 1 aliphatic carbocycles. The topological polar surface area (TPSA) is 105 Å². The Labute approximate surface area is 200 Å². The monoisotopic (exact) mass is 466 g/mol. The lowest BCUT2D eigenvalue weighted by molar-refractivity contribution is -0.141. The predicted molar refractivity (Wildman–Crippen MR) is 131 cm³/mol. The van der Waals surface area contributed by atoms with Crippen molar-refractivity contribution in [2.75, 3.05) is 13.2 Å². The van der Waals surface area contributed by atoms with Gasteiger partial charge in [0, 0.05) is 18.9 Å². The van der Waals surface area contributed by atoms with E-state index in [4.69, 9.17) is 9.84 Å². The van der Waals surface area contributed by atoms with Gasteiger partial charge in [-0.2, -0.15) is 0 Å². The van der Waals surface area contributed by atoms with Gasteiger partial charge >= 0.3 is 12.1 Å². The summed E-state index contributed by atoms with van der Waals surface area (Å²) < 4.78 is 5.56. The van der Waals surface area contributed by atoms with Crippen molar-refractivity contribution >= 4 is 18.0 Å². The van der Waals surface area contributed by atoms with E-state index in [0.29, 0.717) is 19.4 Å². The number of amides is 2. The Kier molecular flexibility index (Phi) is 9.08. The first-order valence-electron chi connectivity index (χ1n) is 12.1. The molecule has 3 rings (SSSR count). The number of benzene rings is 2. The second kappa shape index (κ2) is 12.2. The van der Waals surface area contributed by atoms with E-state index >= 15 is 0 Å². The molecule has 182 valence electrons. The molecule has 0 radical (unpaired) electrons. The lowest BCUT2D eigenvalue weighted by Gasteiger charge is -2.17. The molecule has 0 fully saturated rings. The average molecular weight is 467 g/mol. The normalized spacial score (nSPS) is 13.9. The van der Waals surface area contributed by atoms with Crippen LogP contribution in [0.5, 0.6) is 0 Å². The Morgan fingerprint density at radius 1 is 0.941 bits per heavy atom. The fourth-order valence-electron chi connectivity index (χ4n) is 4.52. The zero-order chi connectivity index (χ0) is 24.5. The molecule has 7 nitrogen and oxygen atoms in total. The molecule has 0 aromatic heterocycles. The van der Waals surface area contributed by atoms with Crippen LogP contribution in [0.3, 0.4) is 0 Å². The number of carboxylic acids is 1. The molecule has 2 amide bonds. The highest BCUT2D eigenvalue weighted by Gasteiger charge is 2.29. The van der Waals surface area contributed by atoms with E-state index in [1.165, 1.54) is 22.3 Å². The molecular formula is C27H34N2O5. The number of carbonyl (C=O) groups is 3. The smallest absolute Gasteiger partial charge is 0.407 e. The summed E-state index contributed by atoms with van der Waals surface area (Å²) in [5, 5.41) is 14.4. The van der Waals surface area contributed by atoms with Gasteiger partial charge in [-0.1, -0.05) is 68.8 Å². The van der Waals surface area contributed by atoms with Crippen LogP contribution in [-0.4, -0.2) is 42.3 Å². The average Bonchev–Trinajstić information content (AvgIpc) is 3.16. The molecule has 0 saturated carbocycles. The fraction of sp³-hybridized carbons (Fsp3) is 0.444. The third-order valence-electron chi connectivity index (χ3n) is 6.56. The lowest BCUT2D eigenvalue weighted by atomic mass is 9.96. The number of rotatable bonds is 12. The van der Waals surface area contributed by atoms with Crippen molar-refractivity contribution < 1.29 is 24.2 Å². The molecule has 0 heterocycles. The van der Waals surface area contributed by atoms with Crippen molar-refractivity contribution in [2.24, 2.45) is 5.92 Å². The number of carboxylic acid groups (broad SMARTS) is 1. The van der Waals surface area contributed by atoms with Crippen LogP contribution in [0.2, 0.25) is 0 Å². The van der Waals surface area contributed by atoms with Crippen LogP contribution < -0.4 is 10.6 Å². The van der Waals surface area contributed by atoms with Crippen LogP contribution in [0.1, 0.15) is 63.0 Å². The van der Waals surface area contributed by atoms with Gasteiger partial charge in [-0.15, -0.1) is 0 Å². The minimum Gasteiger partial charge on any atom is -0.480 e. The quantitative estimate of drug-likeness (QED) is 0.421. The van der Waals surface area contributed by atoms with E-state index < -0.39 is 18.1 Å². The summed E-state index contributed by atoms with van der Waals surface area (Å²) in [5.41, 5.74) is 4.73. The summed E-state index contributed by atoms with van der Waals surface area (Å²) in [5.74, 6) is -0.991. The van der Waals surface area contributed by atoms with Crippen molar-refractivity contribution in [3.63, 3.8) is 0 Å². The number of nitrogens with one attached hydrogen (secondary N) is 2. The van der Waals surface area contributed by atoms with E-state index in [0.717, 1.165) is 12.8 Å². The third kappa shape index (κ3) is 6.37.